The number of carboxylic acid groups (broad SMARTS) is 1. The molecule has 5 heteroatoms. The molecule has 2 aromatic rings. The Bertz CT molecular complexity index is 566. The Hall–Kier alpha value is -1.72. The Labute approximate surface area is 116 Å². The fourth-order valence-electron chi connectivity index (χ4n) is 1.93. The van der Waals surface area contributed by atoms with Crippen LogP contribution in [0.25, 0.3) is 0 Å². The molecule has 0 amide bonds. The molecule has 0 aliphatic heterocycles. The van der Waals surface area contributed by atoms with Gasteiger partial charge in [0.15, 0.2) is 0 Å². The quantitative estimate of drug-likeness (QED) is 0.881. The van der Waals surface area contributed by atoms with Gasteiger partial charge >= 0.3 is 5.97 Å². The van der Waals surface area contributed by atoms with Crippen LogP contribution >= 0.6 is 11.3 Å². The van der Waals surface area contributed by atoms with E-state index in [0.29, 0.717) is 6.54 Å². The fraction of sp³-hybridized carbons (Fsp3) is 0.286. The molecule has 1 aromatic heterocycles. The van der Waals surface area contributed by atoms with Gasteiger partial charge in [0, 0.05) is 11.4 Å². The molecule has 1 heterocycles. The van der Waals surface area contributed by atoms with Gasteiger partial charge in [-0.25, -0.2) is 4.98 Å². The second-order valence-corrected chi connectivity index (χ2v) is 5.59. The molecule has 100 valence electrons. The number of nitrogens with zero attached hydrogens (tertiary/aromatic N) is 1. The maximum absolute atomic E-state index is 11.3. The Morgan fingerprint density at radius 3 is 2.58 bits per heavy atom. The number of thiazole rings is 1. The topological polar surface area (TPSA) is 62.2 Å². The minimum atomic E-state index is -0.870. The smallest absolute Gasteiger partial charge is 0.325 e. The molecule has 0 saturated carbocycles. The molecule has 19 heavy (non-hydrogen) atoms. The summed E-state index contributed by atoms with van der Waals surface area (Å²) in [6.07, 6.45) is 0. The summed E-state index contributed by atoms with van der Waals surface area (Å²) in [5.74, 6) is -0.870. The van der Waals surface area contributed by atoms with E-state index in [9.17, 15) is 9.90 Å². The summed E-state index contributed by atoms with van der Waals surface area (Å²) in [6.45, 7) is 4.41. The van der Waals surface area contributed by atoms with Gasteiger partial charge in [0.25, 0.3) is 0 Å². The predicted molar refractivity (Wildman–Crippen MR) is 75.2 cm³/mol. The first-order chi connectivity index (χ1) is 9.08. The van der Waals surface area contributed by atoms with Gasteiger partial charge in [-0.05, 0) is 19.4 Å². The number of hydrogen-bond donors (Lipinski definition) is 2. The maximum Gasteiger partial charge on any atom is 0.325 e. The molecular weight excluding hydrogens is 260 g/mol. The van der Waals surface area contributed by atoms with E-state index in [4.69, 9.17) is 0 Å². The van der Waals surface area contributed by atoms with Crippen molar-refractivity contribution in [1.29, 1.82) is 0 Å². The molecule has 0 bridgehead atoms. The summed E-state index contributed by atoms with van der Waals surface area (Å²) in [4.78, 5) is 16.8. The molecule has 0 fully saturated rings. The Morgan fingerprint density at radius 2 is 2.05 bits per heavy atom. The van der Waals surface area contributed by atoms with Gasteiger partial charge in [-0.15, -0.1) is 11.3 Å². The van der Waals surface area contributed by atoms with Crippen molar-refractivity contribution >= 4 is 17.3 Å². The number of carboxylic acids is 1. The summed E-state index contributed by atoms with van der Waals surface area (Å²) in [5.41, 5.74) is 1.72. The number of aryl methyl sites for hydroxylation is 2. The van der Waals surface area contributed by atoms with Gasteiger partial charge in [-0.2, -0.15) is 0 Å². The van der Waals surface area contributed by atoms with Crippen LogP contribution in [-0.2, 0) is 11.3 Å². The van der Waals surface area contributed by atoms with Crippen LogP contribution in [0.2, 0.25) is 0 Å². The normalized spacial score (nSPS) is 12.3. The van der Waals surface area contributed by atoms with Crippen LogP contribution < -0.4 is 5.32 Å². The summed E-state index contributed by atoms with van der Waals surface area (Å²) >= 11 is 1.60. The van der Waals surface area contributed by atoms with Crippen LogP contribution in [0.1, 0.15) is 27.2 Å². The van der Waals surface area contributed by atoms with Crippen LogP contribution in [0.15, 0.2) is 30.3 Å². The molecule has 1 atom stereocenters. The minimum absolute atomic E-state index is 0.517. The van der Waals surface area contributed by atoms with E-state index < -0.39 is 12.0 Å². The van der Waals surface area contributed by atoms with E-state index in [1.165, 1.54) is 0 Å². The van der Waals surface area contributed by atoms with Crippen molar-refractivity contribution < 1.29 is 9.90 Å². The zero-order valence-corrected chi connectivity index (χ0v) is 11.7. The summed E-state index contributed by atoms with van der Waals surface area (Å²) in [5, 5.41) is 13.4. The van der Waals surface area contributed by atoms with Gasteiger partial charge in [0.1, 0.15) is 6.04 Å². The highest BCUT2D eigenvalue weighted by Crippen LogP contribution is 2.19. The molecule has 4 nitrogen and oxygen atoms in total. The monoisotopic (exact) mass is 276 g/mol. The highest BCUT2D eigenvalue weighted by molar-refractivity contribution is 7.11. The average molecular weight is 276 g/mol. The number of aromatic nitrogens is 1. The van der Waals surface area contributed by atoms with E-state index in [2.05, 4.69) is 10.3 Å². The lowest BCUT2D eigenvalue weighted by molar-refractivity contribution is -0.139. The third-order valence-electron chi connectivity index (χ3n) is 2.85. The third-order valence-corrected chi connectivity index (χ3v) is 3.92. The molecule has 0 saturated heterocycles. The molecule has 0 radical (unpaired) electrons. The van der Waals surface area contributed by atoms with Crippen molar-refractivity contribution in [3.63, 3.8) is 0 Å². The lowest BCUT2D eigenvalue weighted by Crippen LogP contribution is -2.28. The standard InChI is InChI=1S/C14H16N2O2S/c1-9-12(19-10(2)16-9)8-15-13(14(17)18)11-6-4-3-5-7-11/h3-7,13,15H,8H2,1-2H3,(H,17,18)/t13-/m0/s1. The van der Waals surface area contributed by atoms with Crippen molar-refractivity contribution in [2.45, 2.75) is 26.4 Å². The lowest BCUT2D eigenvalue weighted by atomic mass is 10.1. The Morgan fingerprint density at radius 1 is 1.37 bits per heavy atom. The van der Waals surface area contributed by atoms with Gasteiger partial charge in [-0.1, -0.05) is 30.3 Å². The number of rotatable bonds is 5. The van der Waals surface area contributed by atoms with E-state index in [0.717, 1.165) is 21.1 Å². The van der Waals surface area contributed by atoms with E-state index in [-0.39, 0.29) is 0 Å². The highest BCUT2D eigenvalue weighted by atomic mass is 32.1. The van der Waals surface area contributed by atoms with Crippen LogP contribution in [0.5, 0.6) is 0 Å². The average Bonchev–Trinajstić information content (AvgIpc) is 2.69. The number of benzene rings is 1. The molecule has 0 unspecified atom stereocenters. The third kappa shape index (κ3) is 3.39. The van der Waals surface area contributed by atoms with Crippen LogP contribution in [0.3, 0.4) is 0 Å². The van der Waals surface area contributed by atoms with Crippen LogP contribution in [-0.4, -0.2) is 16.1 Å². The molecular formula is C14H16N2O2S. The second kappa shape index (κ2) is 5.95. The van der Waals surface area contributed by atoms with E-state index >= 15 is 0 Å². The zero-order valence-electron chi connectivity index (χ0n) is 10.9. The van der Waals surface area contributed by atoms with Gasteiger partial charge in [-0.3, -0.25) is 10.1 Å². The molecule has 0 spiro atoms. The Kier molecular flexibility index (Phi) is 4.29. The molecule has 2 N–H and O–H groups in total. The first-order valence-electron chi connectivity index (χ1n) is 6.02. The molecule has 2 rings (SSSR count). The second-order valence-electron chi connectivity index (χ2n) is 4.30. The van der Waals surface area contributed by atoms with Crippen molar-refractivity contribution in [2.75, 3.05) is 0 Å². The molecule has 1 aromatic carbocycles. The van der Waals surface area contributed by atoms with Crippen LogP contribution in [0.4, 0.5) is 0 Å². The number of hydrogen-bond acceptors (Lipinski definition) is 4. The molecule has 0 aliphatic rings. The van der Waals surface area contributed by atoms with Crippen molar-refractivity contribution in [2.24, 2.45) is 0 Å². The van der Waals surface area contributed by atoms with Gasteiger partial charge < -0.3 is 5.11 Å². The largest absolute Gasteiger partial charge is 0.480 e. The summed E-state index contributed by atoms with van der Waals surface area (Å²) in [6, 6.07) is 8.50. The fourth-order valence-corrected chi connectivity index (χ4v) is 2.81. The van der Waals surface area contributed by atoms with Crippen molar-refractivity contribution in [1.82, 2.24) is 10.3 Å². The van der Waals surface area contributed by atoms with Crippen molar-refractivity contribution in [3.05, 3.63) is 51.5 Å². The molecule has 0 aliphatic carbocycles. The number of nitrogens with one attached hydrogen (secondary N) is 1. The Balaban J connectivity index is 2.10. The van der Waals surface area contributed by atoms with Gasteiger partial charge in [0.2, 0.25) is 0 Å². The summed E-state index contributed by atoms with van der Waals surface area (Å²) < 4.78 is 0. The number of carbonyl (C=O) groups is 1. The highest BCUT2D eigenvalue weighted by Gasteiger charge is 2.19. The maximum atomic E-state index is 11.3. The van der Waals surface area contributed by atoms with E-state index in [1.54, 1.807) is 11.3 Å². The minimum Gasteiger partial charge on any atom is -0.480 e. The SMILES string of the molecule is Cc1nc(C)c(CN[C@H](C(=O)O)c2ccccc2)s1. The van der Waals surface area contributed by atoms with Crippen molar-refractivity contribution in [3.8, 4) is 0 Å². The van der Waals surface area contributed by atoms with Gasteiger partial charge in [0.05, 0.1) is 10.7 Å². The predicted octanol–water partition coefficient (Wildman–Crippen LogP) is 2.68. The number of aliphatic carboxylic acids is 1. The first-order valence-corrected chi connectivity index (χ1v) is 6.83. The summed E-state index contributed by atoms with van der Waals surface area (Å²) in [7, 11) is 0. The first kappa shape index (κ1) is 13.7. The van der Waals surface area contributed by atoms with Crippen LogP contribution in [0, 0.1) is 13.8 Å². The zero-order chi connectivity index (χ0) is 13.8. The van der Waals surface area contributed by atoms with E-state index in [1.807, 2.05) is 44.2 Å². The lowest BCUT2D eigenvalue weighted by Gasteiger charge is -2.14.